The lowest BCUT2D eigenvalue weighted by molar-refractivity contribution is -0.137. The second kappa shape index (κ2) is 10.8. The van der Waals surface area contributed by atoms with Crippen molar-refractivity contribution >= 4 is 29.8 Å². The number of hydrogen-bond donors (Lipinski definition) is 2. The minimum Gasteiger partial charge on any atom is -0.352 e. The summed E-state index contributed by atoms with van der Waals surface area (Å²) in [5, 5.41) is 6.53. The first-order chi connectivity index (χ1) is 15.1. The summed E-state index contributed by atoms with van der Waals surface area (Å²) in [5.74, 6) is 1.66. The quantitative estimate of drug-likeness (QED) is 0.590. The molecule has 7 heteroatoms. The molecule has 2 amide bonds. The van der Waals surface area contributed by atoms with Crippen LogP contribution in [0.1, 0.15) is 58.3 Å². The van der Waals surface area contributed by atoms with E-state index in [0.717, 1.165) is 76.0 Å². The molecule has 0 aromatic carbocycles. The van der Waals surface area contributed by atoms with Crippen LogP contribution in [0, 0.1) is 17.8 Å². The summed E-state index contributed by atoms with van der Waals surface area (Å²) in [6, 6.07) is 0.546. The largest absolute Gasteiger partial charge is 0.352 e. The van der Waals surface area contributed by atoms with E-state index in [9.17, 15) is 9.59 Å². The van der Waals surface area contributed by atoms with E-state index in [1.54, 1.807) is 11.8 Å². The lowest BCUT2D eigenvalue weighted by Gasteiger charge is -2.36. The van der Waals surface area contributed by atoms with Crippen molar-refractivity contribution in [3.63, 3.8) is 0 Å². The van der Waals surface area contributed by atoms with Gasteiger partial charge >= 0.3 is 0 Å². The fraction of sp³-hybridized carbons (Fsp3) is 0.708. The van der Waals surface area contributed by atoms with Crippen LogP contribution in [0.2, 0.25) is 0 Å². The molecule has 0 bridgehead atoms. The number of fused-ring (bicyclic) bond motifs is 1. The van der Waals surface area contributed by atoms with Crippen molar-refractivity contribution in [1.29, 1.82) is 0 Å². The minimum atomic E-state index is 0.0544. The Bertz CT molecular complexity index is 747. The van der Waals surface area contributed by atoms with Crippen molar-refractivity contribution in [2.75, 3.05) is 26.2 Å². The summed E-state index contributed by atoms with van der Waals surface area (Å²) in [6.45, 7) is 5.60. The van der Waals surface area contributed by atoms with E-state index in [4.69, 9.17) is 0 Å². The first kappa shape index (κ1) is 22.6. The van der Waals surface area contributed by atoms with E-state index < -0.39 is 0 Å². The normalized spacial score (nSPS) is 28.7. The molecule has 0 radical (unpaired) electrons. The number of carbonyl (C=O) groups excluding carboxylic acids is 2. The molecule has 3 unspecified atom stereocenters. The highest BCUT2D eigenvalue weighted by atomic mass is 32.2. The molecule has 6 nitrogen and oxygen atoms in total. The molecule has 170 valence electrons. The summed E-state index contributed by atoms with van der Waals surface area (Å²) < 4.78 is 0. The molecule has 0 saturated carbocycles. The highest BCUT2D eigenvalue weighted by molar-refractivity contribution is 8.07. The summed E-state index contributed by atoms with van der Waals surface area (Å²) in [4.78, 5) is 33.4. The van der Waals surface area contributed by atoms with Crippen LogP contribution in [0.4, 0.5) is 0 Å². The standard InChI is InChI=1S/C24H36N4O2S/c1-17-5-6-20(15-27-17)24(30)28-12-8-18(9-13-28)4-2-3-10-26-23(29)21-14-19-7-11-25-16-22(19)31-21/h11,14,16-20,27H,2-10,12-13,15H2,1H3,(H,26,29). The van der Waals surface area contributed by atoms with Crippen molar-refractivity contribution in [2.45, 2.75) is 64.3 Å². The molecule has 4 rings (SSSR count). The molecule has 2 N–H and O–H groups in total. The zero-order valence-corrected chi connectivity index (χ0v) is 19.5. The van der Waals surface area contributed by atoms with Gasteiger partial charge in [-0.1, -0.05) is 30.7 Å². The van der Waals surface area contributed by atoms with Gasteiger partial charge in [0.2, 0.25) is 5.91 Å². The van der Waals surface area contributed by atoms with Crippen LogP contribution >= 0.6 is 11.8 Å². The first-order valence-electron chi connectivity index (χ1n) is 12.0. The third kappa shape index (κ3) is 6.01. The molecule has 0 aromatic rings. The predicted octanol–water partition coefficient (Wildman–Crippen LogP) is 3.46. The Morgan fingerprint density at radius 2 is 2.06 bits per heavy atom. The van der Waals surface area contributed by atoms with Crippen molar-refractivity contribution in [2.24, 2.45) is 22.7 Å². The van der Waals surface area contributed by atoms with Crippen molar-refractivity contribution in [1.82, 2.24) is 15.5 Å². The summed E-state index contributed by atoms with van der Waals surface area (Å²) >= 11 is 1.56. The number of amides is 2. The van der Waals surface area contributed by atoms with Gasteiger partial charge in [0.1, 0.15) is 0 Å². The van der Waals surface area contributed by atoms with Gasteiger partial charge in [-0.2, -0.15) is 0 Å². The average molecular weight is 445 g/mol. The Morgan fingerprint density at radius 1 is 1.23 bits per heavy atom. The van der Waals surface area contributed by atoms with Gasteiger partial charge in [-0.05, 0) is 51.4 Å². The monoisotopic (exact) mass is 444 g/mol. The summed E-state index contributed by atoms with van der Waals surface area (Å²) in [6.07, 6.45) is 14.5. The van der Waals surface area contributed by atoms with E-state index in [0.29, 0.717) is 23.8 Å². The topological polar surface area (TPSA) is 73.8 Å². The molecule has 4 aliphatic rings. The van der Waals surface area contributed by atoms with Crippen LogP contribution in [-0.4, -0.2) is 55.1 Å². The SMILES string of the molecule is CC1CCC(C(=O)N2CCC(CCCCNC(=O)C3=CC4CC=NC=C4S3)CC2)CN1. The molecule has 2 fully saturated rings. The van der Waals surface area contributed by atoms with E-state index in [1.807, 2.05) is 12.4 Å². The number of carbonyl (C=O) groups is 2. The predicted molar refractivity (Wildman–Crippen MR) is 127 cm³/mol. The van der Waals surface area contributed by atoms with Crippen LogP contribution < -0.4 is 10.6 Å². The van der Waals surface area contributed by atoms with Crippen molar-refractivity contribution in [3.8, 4) is 0 Å². The molecule has 31 heavy (non-hydrogen) atoms. The number of likely N-dealkylation sites (tertiary alicyclic amines) is 1. The minimum absolute atomic E-state index is 0.0544. The van der Waals surface area contributed by atoms with Crippen molar-refractivity contribution < 1.29 is 9.59 Å². The van der Waals surface area contributed by atoms with Gasteiger partial charge in [0, 0.05) is 55.5 Å². The Labute approximate surface area is 190 Å². The van der Waals surface area contributed by atoms with Crippen LogP contribution in [0.15, 0.2) is 27.1 Å². The number of nitrogens with one attached hydrogen (secondary N) is 2. The maximum Gasteiger partial charge on any atom is 0.257 e. The van der Waals surface area contributed by atoms with Crippen LogP contribution in [0.3, 0.4) is 0 Å². The molecule has 3 atom stereocenters. The van der Waals surface area contributed by atoms with Gasteiger partial charge < -0.3 is 15.5 Å². The third-order valence-electron chi connectivity index (χ3n) is 7.10. The third-order valence-corrected chi connectivity index (χ3v) is 8.28. The number of unbranched alkanes of at least 4 members (excludes halogenated alkanes) is 1. The Morgan fingerprint density at radius 3 is 2.81 bits per heavy atom. The number of thioether (sulfide) groups is 1. The first-order valence-corrected chi connectivity index (χ1v) is 12.8. The number of aliphatic imine (C=N–C) groups is 1. The fourth-order valence-electron chi connectivity index (χ4n) is 4.99. The van der Waals surface area contributed by atoms with Crippen LogP contribution in [-0.2, 0) is 9.59 Å². The second-order valence-corrected chi connectivity index (χ2v) is 10.6. The molecule has 2 saturated heterocycles. The smallest absolute Gasteiger partial charge is 0.257 e. The molecule has 0 aromatic heterocycles. The average Bonchev–Trinajstić information content (AvgIpc) is 3.24. The molecule has 0 aliphatic carbocycles. The molecule has 4 heterocycles. The van der Waals surface area contributed by atoms with E-state index >= 15 is 0 Å². The zero-order chi connectivity index (χ0) is 21.6. The van der Waals surface area contributed by atoms with Crippen LogP contribution in [0.25, 0.3) is 0 Å². The van der Waals surface area contributed by atoms with E-state index in [2.05, 4.69) is 33.5 Å². The van der Waals surface area contributed by atoms with Gasteiger partial charge in [0.25, 0.3) is 5.91 Å². The van der Waals surface area contributed by atoms with Gasteiger partial charge in [0.15, 0.2) is 0 Å². The maximum atomic E-state index is 12.8. The van der Waals surface area contributed by atoms with Gasteiger partial charge in [-0.3, -0.25) is 14.6 Å². The van der Waals surface area contributed by atoms with Crippen molar-refractivity contribution in [3.05, 3.63) is 22.1 Å². The van der Waals surface area contributed by atoms with E-state index in [1.165, 1.54) is 11.3 Å². The van der Waals surface area contributed by atoms with Gasteiger partial charge in [0.05, 0.1) is 10.8 Å². The number of allylic oxidation sites excluding steroid dienone is 2. The lowest BCUT2D eigenvalue weighted by Crippen LogP contribution is -2.47. The molecule has 0 spiro atoms. The highest BCUT2D eigenvalue weighted by Gasteiger charge is 2.30. The molecular weight excluding hydrogens is 408 g/mol. The van der Waals surface area contributed by atoms with Gasteiger partial charge in [-0.15, -0.1) is 0 Å². The zero-order valence-electron chi connectivity index (χ0n) is 18.6. The Hall–Kier alpha value is -1.60. The van der Waals surface area contributed by atoms with Gasteiger partial charge in [-0.25, -0.2) is 0 Å². The number of rotatable bonds is 7. The van der Waals surface area contributed by atoms with E-state index in [-0.39, 0.29) is 11.8 Å². The lowest BCUT2D eigenvalue weighted by atomic mass is 9.89. The molecule has 4 aliphatic heterocycles. The number of piperidine rings is 2. The second-order valence-electron chi connectivity index (χ2n) is 9.44. The maximum absolute atomic E-state index is 12.8. The number of hydrogen-bond acceptors (Lipinski definition) is 5. The number of nitrogens with zero attached hydrogens (tertiary/aromatic N) is 2. The summed E-state index contributed by atoms with van der Waals surface area (Å²) in [5.41, 5.74) is 0. The fourth-order valence-corrected chi connectivity index (χ4v) is 6.07. The molecular formula is C24H36N4O2S. The summed E-state index contributed by atoms with van der Waals surface area (Å²) in [7, 11) is 0. The van der Waals surface area contributed by atoms with Crippen LogP contribution in [0.5, 0.6) is 0 Å². The Kier molecular flexibility index (Phi) is 7.88. The Balaban J connectivity index is 1.07. The highest BCUT2D eigenvalue weighted by Crippen LogP contribution is 2.42.